The van der Waals surface area contributed by atoms with E-state index in [1.165, 1.54) is 11.8 Å². The summed E-state index contributed by atoms with van der Waals surface area (Å²) in [7, 11) is 0. The summed E-state index contributed by atoms with van der Waals surface area (Å²) in [5.41, 5.74) is 1.47. The standard InChI is InChI=1S/C22H27N3O3S/c1-16(2)28-15-7-13-23-20(26)11-6-14-25-18-9-3-4-10-19(18)29-21-17(22(25)27)8-5-12-24-21/h3-5,8-10,12,16H,6-7,11,13-15H2,1-2H3,(H,23,26). The van der Waals surface area contributed by atoms with Gasteiger partial charge >= 0.3 is 0 Å². The number of nitrogens with one attached hydrogen (secondary N) is 1. The molecule has 154 valence electrons. The molecule has 2 heterocycles. The number of hydrogen-bond acceptors (Lipinski definition) is 5. The van der Waals surface area contributed by atoms with Crippen LogP contribution in [0.4, 0.5) is 5.69 Å². The van der Waals surface area contributed by atoms with Gasteiger partial charge in [-0.2, -0.15) is 0 Å². The molecule has 0 atom stereocenters. The lowest BCUT2D eigenvalue weighted by molar-refractivity contribution is -0.121. The zero-order valence-corrected chi connectivity index (χ0v) is 17.7. The van der Waals surface area contributed by atoms with E-state index in [1.54, 1.807) is 17.2 Å². The minimum atomic E-state index is -0.0724. The number of pyridine rings is 1. The summed E-state index contributed by atoms with van der Waals surface area (Å²) in [5, 5.41) is 3.63. The van der Waals surface area contributed by atoms with Gasteiger partial charge in [-0.05, 0) is 51.0 Å². The first-order chi connectivity index (χ1) is 14.1. The zero-order valence-electron chi connectivity index (χ0n) is 16.9. The fraction of sp³-hybridized carbons (Fsp3) is 0.409. The Labute approximate surface area is 176 Å². The second-order valence-corrected chi connectivity index (χ2v) is 8.14. The molecule has 1 N–H and O–H groups in total. The number of fused-ring (bicyclic) bond motifs is 2. The van der Waals surface area contributed by atoms with E-state index in [1.807, 2.05) is 44.2 Å². The van der Waals surface area contributed by atoms with E-state index in [4.69, 9.17) is 4.74 Å². The van der Waals surface area contributed by atoms with Crippen molar-refractivity contribution in [1.82, 2.24) is 10.3 Å². The van der Waals surface area contributed by atoms with E-state index in [0.29, 0.717) is 43.1 Å². The van der Waals surface area contributed by atoms with Gasteiger partial charge in [0.05, 0.1) is 17.4 Å². The van der Waals surface area contributed by atoms with Crippen LogP contribution < -0.4 is 10.2 Å². The average Bonchev–Trinajstić information content (AvgIpc) is 2.82. The van der Waals surface area contributed by atoms with E-state index in [-0.39, 0.29) is 17.9 Å². The Morgan fingerprint density at radius 3 is 2.86 bits per heavy atom. The molecule has 0 aliphatic carbocycles. The maximum Gasteiger partial charge on any atom is 0.261 e. The number of carbonyl (C=O) groups is 2. The van der Waals surface area contributed by atoms with Gasteiger partial charge in [-0.3, -0.25) is 9.59 Å². The maximum atomic E-state index is 13.1. The summed E-state index contributed by atoms with van der Waals surface area (Å²) in [6.07, 6.45) is 3.67. The SMILES string of the molecule is CC(C)OCCCNC(=O)CCCN1C(=O)c2cccnc2Sc2ccccc21. The van der Waals surface area contributed by atoms with Crippen LogP contribution in [-0.2, 0) is 9.53 Å². The first-order valence-electron chi connectivity index (χ1n) is 9.98. The highest BCUT2D eigenvalue weighted by molar-refractivity contribution is 7.99. The number of para-hydroxylation sites is 1. The quantitative estimate of drug-likeness (QED) is 0.631. The van der Waals surface area contributed by atoms with Gasteiger partial charge in [-0.1, -0.05) is 23.9 Å². The van der Waals surface area contributed by atoms with Crippen LogP contribution >= 0.6 is 11.8 Å². The third-order valence-corrected chi connectivity index (χ3v) is 5.57. The second kappa shape index (κ2) is 10.4. The summed E-state index contributed by atoms with van der Waals surface area (Å²) in [6.45, 7) is 5.71. The molecule has 1 aliphatic rings. The number of benzene rings is 1. The molecule has 2 amide bonds. The molecule has 0 spiro atoms. The van der Waals surface area contributed by atoms with Gasteiger partial charge < -0.3 is 15.0 Å². The molecule has 0 bridgehead atoms. The summed E-state index contributed by atoms with van der Waals surface area (Å²) in [4.78, 5) is 32.4. The van der Waals surface area contributed by atoms with Crippen molar-refractivity contribution < 1.29 is 14.3 Å². The van der Waals surface area contributed by atoms with Gasteiger partial charge in [0.25, 0.3) is 5.91 Å². The number of amides is 2. The molecule has 29 heavy (non-hydrogen) atoms. The van der Waals surface area contributed by atoms with Crippen molar-refractivity contribution in [3.05, 3.63) is 48.2 Å². The molecule has 1 aromatic carbocycles. The minimum absolute atomic E-state index is 0.00143. The fourth-order valence-corrected chi connectivity index (χ4v) is 4.10. The Morgan fingerprint density at radius 1 is 1.21 bits per heavy atom. The van der Waals surface area contributed by atoms with Gasteiger partial charge in [-0.15, -0.1) is 0 Å². The molecule has 1 aromatic heterocycles. The Balaban J connectivity index is 1.57. The van der Waals surface area contributed by atoms with Crippen molar-refractivity contribution >= 4 is 29.3 Å². The van der Waals surface area contributed by atoms with Crippen molar-refractivity contribution in [1.29, 1.82) is 0 Å². The molecule has 6 nitrogen and oxygen atoms in total. The van der Waals surface area contributed by atoms with Gasteiger partial charge in [-0.25, -0.2) is 4.98 Å². The number of carbonyl (C=O) groups excluding carboxylic acids is 2. The molecule has 0 saturated heterocycles. The largest absolute Gasteiger partial charge is 0.379 e. The molecule has 0 saturated carbocycles. The van der Waals surface area contributed by atoms with Crippen LogP contribution in [0.1, 0.15) is 43.5 Å². The highest BCUT2D eigenvalue weighted by Crippen LogP contribution is 2.40. The number of ether oxygens (including phenoxy) is 1. The Hall–Kier alpha value is -2.38. The lowest BCUT2D eigenvalue weighted by Crippen LogP contribution is -2.33. The molecule has 7 heteroatoms. The summed E-state index contributed by atoms with van der Waals surface area (Å²) < 4.78 is 5.47. The Morgan fingerprint density at radius 2 is 2.03 bits per heavy atom. The van der Waals surface area contributed by atoms with Crippen molar-refractivity contribution in [3.8, 4) is 0 Å². The first kappa shape index (κ1) is 21.3. The van der Waals surface area contributed by atoms with Gasteiger partial charge in [0.1, 0.15) is 5.03 Å². The van der Waals surface area contributed by atoms with E-state index in [9.17, 15) is 9.59 Å². The fourth-order valence-electron chi connectivity index (χ4n) is 3.09. The number of aromatic nitrogens is 1. The van der Waals surface area contributed by atoms with Gasteiger partial charge in [0.15, 0.2) is 0 Å². The van der Waals surface area contributed by atoms with Gasteiger partial charge in [0.2, 0.25) is 5.91 Å². The average molecular weight is 414 g/mol. The molecule has 0 fully saturated rings. The number of hydrogen-bond donors (Lipinski definition) is 1. The molecular weight excluding hydrogens is 386 g/mol. The number of anilines is 1. The molecule has 0 radical (unpaired) electrons. The lowest BCUT2D eigenvalue weighted by atomic mass is 10.2. The van der Waals surface area contributed by atoms with Crippen molar-refractivity contribution in [2.24, 2.45) is 0 Å². The van der Waals surface area contributed by atoms with Crippen LogP contribution in [0.25, 0.3) is 0 Å². The number of nitrogens with zero attached hydrogens (tertiary/aromatic N) is 2. The van der Waals surface area contributed by atoms with Crippen LogP contribution in [-0.4, -0.2) is 42.6 Å². The maximum absolute atomic E-state index is 13.1. The second-order valence-electron chi connectivity index (χ2n) is 7.11. The molecule has 1 aliphatic heterocycles. The zero-order chi connectivity index (χ0) is 20.6. The summed E-state index contributed by atoms with van der Waals surface area (Å²) in [5.74, 6) is -0.0710. The van der Waals surface area contributed by atoms with Crippen LogP contribution in [0.15, 0.2) is 52.5 Å². The topological polar surface area (TPSA) is 71.5 Å². The Bertz CT molecular complexity index is 857. The third kappa shape index (κ3) is 5.81. The minimum Gasteiger partial charge on any atom is -0.379 e. The Kier molecular flexibility index (Phi) is 7.66. The molecular formula is C22H27N3O3S. The van der Waals surface area contributed by atoms with Crippen LogP contribution in [0.5, 0.6) is 0 Å². The highest BCUT2D eigenvalue weighted by Gasteiger charge is 2.27. The van der Waals surface area contributed by atoms with Crippen LogP contribution in [0, 0.1) is 0 Å². The van der Waals surface area contributed by atoms with Crippen molar-refractivity contribution in [3.63, 3.8) is 0 Å². The normalized spacial score (nSPS) is 13.1. The van der Waals surface area contributed by atoms with Crippen LogP contribution in [0.2, 0.25) is 0 Å². The smallest absolute Gasteiger partial charge is 0.261 e. The van der Waals surface area contributed by atoms with E-state index >= 15 is 0 Å². The monoisotopic (exact) mass is 413 g/mol. The first-order valence-corrected chi connectivity index (χ1v) is 10.8. The van der Waals surface area contributed by atoms with Crippen LogP contribution in [0.3, 0.4) is 0 Å². The van der Waals surface area contributed by atoms with Crippen molar-refractivity contribution in [2.45, 2.75) is 49.1 Å². The van der Waals surface area contributed by atoms with Gasteiger partial charge in [0, 0.05) is 37.2 Å². The summed E-state index contributed by atoms with van der Waals surface area (Å²) in [6, 6.07) is 11.4. The number of rotatable bonds is 9. The highest BCUT2D eigenvalue weighted by atomic mass is 32.2. The molecule has 0 unspecified atom stereocenters. The van der Waals surface area contributed by atoms with Crippen molar-refractivity contribution in [2.75, 3.05) is 24.6 Å². The molecule has 3 rings (SSSR count). The van der Waals surface area contributed by atoms with E-state index < -0.39 is 0 Å². The third-order valence-electron chi connectivity index (χ3n) is 4.49. The van der Waals surface area contributed by atoms with E-state index in [0.717, 1.165) is 17.0 Å². The lowest BCUT2D eigenvalue weighted by Gasteiger charge is -2.22. The molecule has 2 aromatic rings. The summed E-state index contributed by atoms with van der Waals surface area (Å²) >= 11 is 1.50. The van der Waals surface area contributed by atoms with E-state index in [2.05, 4.69) is 10.3 Å². The predicted octanol–water partition coefficient (Wildman–Crippen LogP) is 3.90. The predicted molar refractivity (Wildman–Crippen MR) is 114 cm³/mol.